The standard InChI is InChI=1S/C17H19FN2O3/c18-14-5-2-1-4-13(14)17(21)19-12-15(16-6-3-9-23-16)20-7-10-22-11-8-20/h1-6,9,15H,7-8,10-12H2,(H,19,21)/p+1/t15-/m1/s1. The Bertz CT molecular complexity index is 639. The van der Waals surface area contributed by atoms with Gasteiger partial charge in [0, 0.05) is 0 Å². The normalized spacial score (nSPS) is 16.9. The third-order valence-corrected chi connectivity index (χ3v) is 4.10. The highest BCUT2D eigenvalue weighted by atomic mass is 19.1. The van der Waals surface area contributed by atoms with Gasteiger partial charge in [0.05, 0.1) is 31.6 Å². The van der Waals surface area contributed by atoms with Crippen LogP contribution < -0.4 is 10.2 Å². The van der Waals surface area contributed by atoms with Crippen LogP contribution in [0, 0.1) is 5.82 Å². The molecule has 1 aromatic heterocycles. The van der Waals surface area contributed by atoms with Crippen LogP contribution in [0.4, 0.5) is 4.39 Å². The molecule has 2 heterocycles. The van der Waals surface area contributed by atoms with Gasteiger partial charge in [-0.25, -0.2) is 4.39 Å². The van der Waals surface area contributed by atoms with Crippen LogP contribution in [-0.2, 0) is 4.74 Å². The van der Waals surface area contributed by atoms with Crippen molar-refractivity contribution in [2.24, 2.45) is 0 Å². The lowest BCUT2D eigenvalue weighted by Crippen LogP contribution is -3.15. The van der Waals surface area contributed by atoms with Crippen molar-refractivity contribution >= 4 is 5.91 Å². The lowest BCUT2D eigenvalue weighted by molar-refractivity contribution is -0.938. The molecule has 0 spiro atoms. The lowest BCUT2D eigenvalue weighted by atomic mass is 10.1. The van der Waals surface area contributed by atoms with E-state index >= 15 is 0 Å². The number of benzene rings is 1. The maximum atomic E-state index is 13.7. The molecule has 1 saturated heterocycles. The molecule has 122 valence electrons. The molecule has 0 unspecified atom stereocenters. The second-order valence-corrected chi connectivity index (χ2v) is 5.53. The van der Waals surface area contributed by atoms with Gasteiger partial charge in [0.15, 0.2) is 11.8 Å². The molecule has 1 amide bonds. The number of carbonyl (C=O) groups is 1. The van der Waals surface area contributed by atoms with Crippen molar-refractivity contribution in [1.29, 1.82) is 0 Å². The first-order valence-corrected chi connectivity index (χ1v) is 7.74. The number of amides is 1. The number of quaternary nitrogens is 1. The Morgan fingerprint density at radius 3 is 2.70 bits per heavy atom. The maximum absolute atomic E-state index is 13.7. The number of ether oxygens (including phenoxy) is 1. The SMILES string of the molecule is O=C(NC[C@H](c1ccco1)[NH+]1CCOCC1)c1ccccc1F. The number of nitrogens with one attached hydrogen (secondary N) is 2. The van der Waals surface area contributed by atoms with E-state index in [1.807, 2.05) is 12.1 Å². The van der Waals surface area contributed by atoms with Crippen molar-refractivity contribution in [2.75, 3.05) is 32.8 Å². The van der Waals surface area contributed by atoms with Crippen molar-refractivity contribution in [3.63, 3.8) is 0 Å². The molecule has 23 heavy (non-hydrogen) atoms. The number of carbonyl (C=O) groups excluding carboxylic acids is 1. The van der Waals surface area contributed by atoms with Gasteiger partial charge in [0.2, 0.25) is 0 Å². The zero-order valence-electron chi connectivity index (χ0n) is 12.8. The molecule has 6 heteroatoms. The van der Waals surface area contributed by atoms with Crippen molar-refractivity contribution in [1.82, 2.24) is 5.32 Å². The average Bonchev–Trinajstić information content (AvgIpc) is 3.10. The van der Waals surface area contributed by atoms with Crippen molar-refractivity contribution in [2.45, 2.75) is 6.04 Å². The predicted molar refractivity (Wildman–Crippen MR) is 81.7 cm³/mol. The monoisotopic (exact) mass is 319 g/mol. The van der Waals surface area contributed by atoms with Gasteiger partial charge in [-0.3, -0.25) is 4.79 Å². The number of furan rings is 1. The first-order chi connectivity index (χ1) is 11.3. The highest BCUT2D eigenvalue weighted by molar-refractivity contribution is 5.94. The molecule has 1 aliphatic rings. The van der Waals surface area contributed by atoms with E-state index < -0.39 is 11.7 Å². The molecule has 1 atom stereocenters. The maximum Gasteiger partial charge on any atom is 0.254 e. The summed E-state index contributed by atoms with van der Waals surface area (Å²) in [6.45, 7) is 3.46. The molecule has 0 aliphatic carbocycles. The van der Waals surface area contributed by atoms with Crippen molar-refractivity contribution < 1.29 is 23.2 Å². The highest BCUT2D eigenvalue weighted by Gasteiger charge is 2.29. The van der Waals surface area contributed by atoms with Crippen molar-refractivity contribution in [3.05, 3.63) is 59.8 Å². The smallest absolute Gasteiger partial charge is 0.254 e. The van der Waals surface area contributed by atoms with Crippen LogP contribution in [0.2, 0.25) is 0 Å². The Morgan fingerprint density at radius 1 is 1.22 bits per heavy atom. The number of hydrogen-bond acceptors (Lipinski definition) is 3. The third kappa shape index (κ3) is 3.78. The summed E-state index contributed by atoms with van der Waals surface area (Å²) in [7, 11) is 0. The van der Waals surface area contributed by atoms with Crippen LogP contribution in [0.25, 0.3) is 0 Å². The van der Waals surface area contributed by atoms with E-state index in [-0.39, 0.29) is 11.6 Å². The lowest BCUT2D eigenvalue weighted by Gasteiger charge is -2.30. The van der Waals surface area contributed by atoms with E-state index in [0.29, 0.717) is 19.8 Å². The van der Waals surface area contributed by atoms with Crippen LogP contribution >= 0.6 is 0 Å². The summed E-state index contributed by atoms with van der Waals surface area (Å²) in [4.78, 5) is 13.5. The Hall–Kier alpha value is -2.18. The zero-order valence-corrected chi connectivity index (χ0v) is 12.8. The number of morpholine rings is 1. The van der Waals surface area contributed by atoms with E-state index in [4.69, 9.17) is 9.15 Å². The molecule has 3 rings (SSSR count). The van der Waals surface area contributed by atoms with Crippen LogP contribution in [-0.4, -0.2) is 38.8 Å². The first-order valence-electron chi connectivity index (χ1n) is 7.74. The van der Waals surface area contributed by atoms with Crippen LogP contribution in [0.15, 0.2) is 47.1 Å². The molecule has 5 nitrogen and oxygen atoms in total. The predicted octanol–water partition coefficient (Wildman–Crippen LogP) is 0.805. The molecule has 1 aliphatic heterocycles. The number of rotatable bonds is 5. The summed E-state index contributed by atoms with van der Waals surface area (Å²) >= 11 is 0. The second kappa shape index (κ2) is 7.39. The molecule has 2 N–H and O–H groups in total. The number of hydrogen-bond donors (Lipinski definition) is 2. The van der Waals surface area contributed by atoms with E-state index in [1.54, 1.807) is 18.4 Å². The van der Waals surface area contributed by atoms with Crippen molar-refractivity contribution in [3.8, 4) is 0 Å². The molecular weight excluding hydrogens is 299 g/mol. The fourth-order valence-electron chi connectivity index (χ4n) is 2.85. The van der Waals surface area contributed by atoms with Crippen LogP contribution in [0.5, 0.6) is 0 Å². The quantitative estimate of drug-likeness (QED) is 0.857. The van der Waals surface area contributed by atoms with E-state index in [9.17, 15) is 9.18 Å². The van der Waals surface area contributed by atoms with Gasteiger partial charge >= 0.3 is 0 Å². The minimum atomic E-state index is -0.515. The number of halogens is 1. The van der Waals surface area contributed by atoms with Gasteiger partial charge in [0.1, 0.15) is 18.9 Å². The fourth-order valence-corrected chi connectivity index (χ4v) is 2.85. The Balaban J connectivity index is 1.69. The molecule has 0 radical (unpaired) electrons. The molecule has 0 bridgehead atoms. The summed E-state index contributed by atoms with van der Waals surface area (Å²) in [5.41, 5.74) is 0.0580. The molecule has 2 aromatic rings. The van der Waals surface area contributed by atoms with Gasteiger partial charge in [-0.1, -0.05) is 12.1 Å². The van der Waals surface area contributed by atoms with E-state index in [0.717, 1.165) is 18.8 Å². The minimum Gasteiger partial charge on any atom is -0.463 e. The largest absolute Gasteiger partial charge is 0.463 e. The van der Waals surface area contributed by atoms with Gasteiger partial charge < -0.3 is 19.4 Å². The summed E-state index contributed by atoms with van der Waals surface area (Å²) in [6, 6.07) is 9.71. The average molecular weight is 319 g/mol. The highest BCUT2D eigenvalue weighted by Crippen LogP contribution is 2.11. The summed E-state index contributed by atoms with van der Waals surface area (Å²) < 4.78 is 24.6. The summed E-state index contributed by atoms with van der Waals surface area (Å²) in [5, 5.41) is 2.82. The topological polar surface area (TPSA) is 55.9 Å². The van der Waals surface area contributed by atoms with E-state index in [1.165, 1.54) is 17.0 Å². The molecular formula is C17H20FN2O3+. The van der Waals surface area contributed by atoms with Gasteiger partial charge in [0.25, 0.3) is 5.91 Å². The molecule has 1 aromatic carbocycles. The minimum absolute atomic E-state index is 0.00961. The Morgan fingerprint density at radius 2 is 2.00 bits per heavy atom. The van der Waals surface area contributed by atoms with E-state index in [2.05, 4.69) is 5.32 Å². The Labute approximate surface area is 134 Å². The molecule has 1 fully saturated rings. The Kier molecular flexibility index (Phi) is 5.05. The fraction of sp³-hybridized carbons (Fsp3) is 0.353. The van der Waals surface area contributed by atoms with Gasteiger partial charge in [-0.15, -0.1) is 0 Å². The second-order valence-electron chi connectivity index (χ2n) is 5.53. The van der Waals surface area contributed by atoms with Gasteiger partial charge in [-0.2, -0.15) is 0 Å². The van der Waals surface area contributed by atoms with Crippen LogP contribution in [0.1, 0.15) is 22.2 Å². The first kappa shape index (κ1) is 15.7. The third-order valence-electron chi connectivity index (χ3n) is 4.10. The van der Waals surface area contributed by atoms with Crippen LogP contribution in [0.3, 0.4) is 0 Å². The van der Waals surface area contributed by atoms with Gasteiger partial charge in [-0.05, 0) is 24.3 Å². The summed E-state index contributed by atoms with van der Waals surface area (Å²) in [6.07, 6.45) is 1.63. The molecule has 0 saturated carbocycles. The zero-order chi connectivity index (χ0) is 16.1. The summed E-state index contributed by atoms with van der Waals surface area (Å²) in [5.74, 6) is -0.110.